The molecule has 0 bridgehead atoms. The number of ether oxygens (including phenoxy) is 1. The number of phenols is 1. The number of halogens is 3. The zero-order valence-electron chi connectivity index (χ0n) is 9.97. The fraction of sp³-hybridized carbons (Fsp3) is 0.300. The first-order valence-electron chi connectivity index (χ1n) is 4.94. The first-order chi connectivity index (χ1) is 9.08. The fourth-order valence-electron chi connectivity index (χ4n) is 1.18. The van der Waals surface area contributed by atoms with Gasteiger partial charge >= 0.3 is 15.6 Å². The molecular formula is C10H9F3O6S. The van der Waals surface area contributed by atoms with Gasteiger partial charge in [-0.2, -0.15) is 21.6 Å². The van der Waals surface area contributed by atoms with E-state index in [1.807, 2.05) is 0 Å². The quantitative estimate of drug-likeness (QED) is 0.502. The van der Waals surface area contributed by atoms with Crippen LogP contribution < -0.4 is 4.18 Å². The SMILES string of the molecule is COCC(=O)c1ccc(OS(=O)(=O)C(F)(F)F)cc1O. The van der Waals surface area contributed by atoms with Crippen molar-refractivity contribution >= 4 is 15.9 Å². The van der Waals surface area contributed by atoms with Crippen molar-refractivity contribution in [3.63, 3.8) is 0 Å². The van der Waals surface area contributed by atoms with E-state index in [9.17, 15) is 31.5 Å². The Balaban J connectivity index is 3.03. The summed E-state index contributed by atoms with van der Waals surface area (Å²) in [5, 5.41) is 9.46. The zero-order chi connectivity index (χ0) is 15.6. The van der Waals surface area contributed by atoms with Crippen LogP contribution in [0, 0.1) is 0 Å². The van der Waals surface area contributed by atoms with E-state index in [4.69, 9.17) is 0 Å². The molecule has 0 heterocycles. The highest BCUT2D eigenvalue weighted by Gasteiger charge is 2.48. The number of carbonyl (C=O) groups is 1. The van der Waals surface area contributed by atoms with E-state index >= 15 is 0 Å². The third-order valence-corrected chi connectivity index (χ3v) is 3.01. The van der Waals surface area contributed by atoms with E-state index in [2.05, 4.69) is 8.92 Å². The van der Waals surface area contributed by atoms with E-state index in [1.54, 1.807) is 0 Å². The summed E-state index contributed by atoms with van der Waals surface area (Å²) < 4.78 is 66.0. The molecular weight excluding hydrogens is 305 g/mol. The standard InChI is InChI=1S/C10H9F3O6S/c1-18-5-9(15)7-3-2-6(4-8(7)14)19-20(16,17)10(11,12)13/h2-4,14H,5H2,1H3. The van der Waals surface area contributed by atoms with Gasteiger partial charge in [0.1, 0.15) is 18.1 Å². The predicted molar refractivity (Wildman–Crippen MR) is 59.9 cm³/mol. The van der Waals surface area contributed by atoms with Gasteiger partial charge in [0.25, 0.3) is 0 Å². The van der Waals surface area contributed by atoms with Gasteiger partial charge in [-0.15, -0.1) is 0 Å². The summed E-state index contributed by atoms with van der Waals surface area (Å²) in [7, 11) is -4.59. The van der Waals surface area contributed by atoms with Crippen LogP contribution >= 0.6 is 0 Å². The van der Waals surface area contributed by atoms with Crippen molar-refractivity contribution in [1.82, 2.24) is 0 Å². The van der Waals surface area contributed by atoms with Gasteiger partial charge in [-0.25, -0.2) is 0 Å². The second kappa shape index (κ2) is 5.67. The Morgan fingerprint density at radius 1 is 1.35 bits per heavy atom. The first-order valence-corrected chi connectivity index (χ1v) is 6.35. The van der Waals surface area contributed by atoms with E-state index in [1.165, 1.54) is 7.11 Å². The molecule has 0 saturated heterocycles. The molecule has 112 valence electrons. The minimum Gasteiger partial charge on any atom is -0.507 e. The number of hydrogen-bond donors (Lipinski definition) is 1. The predicted octanol–water partition coefficient (Wildman–Crippen LogP) is 1.45. The summed E-state index contributed by atoms with van der Waals surface area (Å²) in [6.07, 6.45) is 0. The molecule has 0 spiro atoms. The van der Waals surface area contributed by atoms with Crippen LogP contribution in [0.4, 0.5) is 13.2 Å². The topological polar surface area (TPSA) is 89.9 Å². The van der Waals surface area contributed by atoms with E-state index in [0.717, 1.165) is 12.1 Å². The Morgan fingerprint density at radius 2 is 1.95 bits per heavy atom. The van der Waals surface area contributed by atoms with Gasteiger partial charge in [-0.3, -0.25) is 4.79 Å². The van der Waals surface area contributed by atoms with Crippen molar-refractivity contribution in [2.75, 3.05) is 13.7 Å². The lowest BCUT2D eigenvalue weighted by molar-refractivity contribution is -0.0500. The normalized spacial score (nSPS) is 12.2. The highest BCUT2D eigenvalue weighted by molar-refractivity contribution is 7.88. The molecule has 1 aromatic carbocycles. The van der Waals surface area contributed by atoms with Gasteiger partial charge in [0.2, 0.25) is 0 Å². The Labute approximate surface area is 111 Å². The monoisotopic (exact) mass is 314 g/mol. The number of alkyl halides is 3. The highest BCUT2D eigenvalue weighted by Crippen LogP contribution is 2.30. The van der Waals surface area contributed by atoms with E-state index in [0.29, 0.717) is 6.07 Å². The Kier molecular flexibility index (Phi) is 4.61. The number of carbonyl (C=O) groups excluding carboxylic acids is 1. The molecule has 0 aliphatic rings. The number of ketones is 1. The zero-order valence-corrected chi connectivity index (χ0v) is 10.8. The maximum Gasteiger partial charge on any atom is 0.534 e. The van der Waals surface area contributed by atoms with Crippen molar-refractivity contribution in [2.24, 2.45) is 0 Å². The molecule has 0 aliphatic heterocycles. The number of benzene rings is 1. The number of phenolic OH excluding ortho intramolecular Hbond substituents is 1. The minimum absolute atomic E-state index is 0.233. The maximum atomic E-state index is 12.1. The van der Waals surface area contributed by atoms with Gasteiger partial charge < -0.3 is 14.0 Å². The van der Waals surface area contributed by atoms with E-state index < -0.39 is 32.9 Å². The molecule has 0 unspecified atom stereocenters. The van der Waals surface area contributed by atoms with Gasteiger partial charge in [0.05, 0.1) is 5.56 Å². The van der Waals surface area contributed by atoms with Gasteiger partial charge in [-0.1, -0.05) is 0 Å². The minimum atomic E-state index is -5.83. The van der Waals surface area contributed by atoms with Crippen LogP contribution in [0.3, 0.4) is 0 Å². The molecule has 0 amide bonds. The van der Waals surface area contributed by atoms with Crippen molar-refractivity contribution in [2.45, 2.75) is 5.51 Å². The summed E-state index contributed by atoms with van der Waals surface area (Å²) in [5.74, 6) is -2.12. The molecule has 0 atom stereocenters. The second-order valence-electron chi connectivity index (χ2n) is 3.52. The van der Waals surface area contributed by atoms with Gasteiger partial charge in [0, 0.05) is 13.2 Å². The molecule has 0 aliphatic carbocycles. The summed E-state index contributed by atoms with van der Waals surface area (Å²) in [4.78, 5) is 11.4. The number of methoxy groups -OCH3 is 1. The number of rotatable bonds is 5. The Hall–Kier alpha value is -1.81. The maximum absolute atomic E-state index is 12.1. The van der Waals surface area contributed by atoms with Crippen LogP contribution in [0.1, 0.15) is 10.4 Å². The Morgan fingerprint density at radius 3 is 2.40 bits per heavy atom. The number of aromatic hydroxyl groups is 1. The third kappa shape index (κ3) is 3.61. The largest absolute Gasteiger partial charge is 0.534 e. The summed E-state index contributed by atoms with van der Waals surface area (Å²) in [6, 6.07) is 2.33. The second-order valence-corrected chi connectivity index (χ2v) is 5.06. The fourth-order valence-corrected chi connectivity index (χ4v) is 1.63. The lowest BCUT2D eigenvalue weighted by atomic mass is 10.1. The molecule has 1 N–H and O–H groups in total. The Bertz CT molecular complexity index is 608. The smallest absolute Gasteiger partial charge is 0.507 e. The summed E-state index contributed by atoms with van der Waals surface area (Å²) >= 11 is 0. The van der Waals surface area contributed by atoms with Crippen molar-refractivity contribution in [3.05, 3.63) is 23.8 Å². The third-order valence-electron chi connectivity index (χ3n) is 2.03. The van der Waals surface area contributed by atoms with Crippen LogP contribution in [0.5, 0.6) is 11.5 Å². The van der Waals surface area contributed by atoms with E-state index in [-0.39, 0.29) is 12.2 Å². The van der Waals surface area contributed by atoms with Gasteiger partial charge in [-0.05, 0) is 12.1 Å². The summed E-state index contributed by atoms with van der Waals surface area (Å²) in [5.41, 5.74) is -5.82. The molecule has 6 nitrogen and oxygen atoms in total. The van der Waals surface area contributed by atoms with Crippen molar-refractivity contribution in [1.29, 1.82) is 0 Å². The lowest BCUT2D eigenvalue weighted by Gasteiger charge is -2.10. The molecule has 10 heteroatoms. The number of hydrogen-bond acceptors (Lipinski definition) is 6. The average Bonchev–Trinajstić information content (AvgIpc) is 2.27. The van der Waals surface area contributed by atoms with Crippen LogP contribution in [0.2, 0.25) is 0 Å². The molecule has 0 radical (unpaired) electrons. The van der Waals surface area contributed by atoms with Crippen LogP contribution in [-0.4, -0.2) is 38.5 Å². The van der Waals surface area contributed by atoms with Crippen molar-refractivity contribution < 1.29 is 40.4 Å². The van der Waals surface area contributed by atoms with Gasteiger partial charge in [0.15, 0.2) is 5.78 Å². The summed E-state index contributed by atoms with van der Waals surface area (Å²) in [6.45, 7) is -0.353. The van der Waals surface area contributed by atoms with Crippen LogP contribution in [-0.2, 0) is 14.9 Å². The van der Waals surface area contributed by atoms with Crippen LogP contribution in [0.25, 0.3) is 0 Å². The molecule has 0 fully saturated rings. The molecule has 20 heavy (non-hydrogen) atoms. The molecule has 1 aromatic rings. The highest BCUT2D eigenvalue weighted by atomic mass is 32.2. The molecule has 0 aromatic heterocycles. The number of Topliss-reactive ketones (excluding diaryl/α,β-unsaturated/α-hetero) is 1. The van der Waals surface area contributed by atoms with Crippen LogP contribution in [0.15, 0.2) is 18.2 Å². The molecule has 0 saturated carbocycles. The van der Waals surface area contributed by atoms with Crippen molar-refractivity contribution in [3.8, 4) is 11.5 Å². The molecule has 1 rings (SSSR count). The average molecular weight is 314 g/mol. The lowest BCUT2D eigenvalue weighted by Crippen LogP contribution is -2.28. The first kappa shape index (κ1) is 16.2.